The van der Waals surface area contributed by atoms with Crippen molar-refractivity contribution >= 4 is 11.7 Å². The Balaban J connectivity index is 3.14. The minimum atomic E-state index is -4.67. The van der Waals surface area contributed by atoms with Crippen LogP contribution in [0.5, 0.6) is 5.75 Å². The SMILES string of the molecule is CC(Oc1ccc([N+](=O)[O-])cc1C(=O)O)C(F)(F)F. The first-order chi connectivity index (χ1) is 8.62. The van der Waals surface area contributed by atoms with Crippen LogP contribution >= 0.6 is 0 Å². The molecule has 0 aromatic heterocycles. The van der Waals surface area contributed by atoms with E-state index in [9.17, 15) is 28.1 Å². The van der Waals surface area contributed by atoms with Gasteiger partial charge in [0.1, 0.15) is 11.3 Å². The second-order valence-corrected chi connectivity index (χ2v) is 3.54. The second kappa shape index (κ2) is 5.12. The zero-order valence-corrected chi connectivity index (χ0v) is 9.47. The number of ether oxygens (including phenoxy) is 1. The van der Waals surface area contributed by atoms with Crippen molar-refractivity contribution in [1.29, 1.82) is 0 Å². The molecule has 0 spiro atoms. The normalized spacial score (nSPS) is 12.8. The molecule has 1 rings (SSSR count). The van der Waals surface area contributed by atoms with E-state index in [-0.39, 0.29) is 0 Å². The largest absolute Gasteiger partial charge is 0.480 e. The molecule has 0 radical (unpaired) electrons. The molecule has 1 atom stereocenters. The summed E-state index contributed by atoms with van der Waals surface area (Å²) in [5.74, 6) is -2.20. The van der Waals surface area contributed by atoms with E-state index in [1.807, 2.05) is 0 Å². The lowest BCUT2D eigenvalue weighted by molar-refractivity contribution is -0.384. The maximum absolute atomic E-state index is 12.3. The molecule has 0 saturated carbocycles. The van der Waals surface area contributed by atoms with Crippen LogP contribution < -0.4 is 4.74 Å². The summed E-state index contributed by atoms with van der Waals surface area (Å²) in [6.07, 6.45) is -6.90. The maximum atomic E-state index is 12.3. The molecule has 1 unspecified atom stereocenters. The van der Waals surface area contributed by atoms with Gasteiger partial charge in [0.25, 0.3) is 5.69 Å². The summed E-state index contributed by atoms with van der Waals surface area (Å²) in [5.41, 5.74) is -1.25. The monoisotopic (exact) mass is 279 g/mol. The quantitative estimate of drug-likeness (QED) is 0.675. The summed E-state index contributed by atoms with van der Waals surface area (Å²) in [6, 6.07) is 2.33. The fraction of sp³-hybridized carbons (Fsp3) is 0.300. The molecular formula is C10H8F3NO5. The number of aromatic carboxylic acids is 1. The van der Waals surface area contributed by atoms with Gasteiger partial charge in [-0.05, 0) is 13.0 Å². The fourth-order valence-corrected chi connectivity index (χ4v) is 1.16. The van der Waals surface area contributed by atoms with Crippen LogP contribution in [-0.2, 0) is 0 Å². The summed E-state index contributed by atoms with van der Waals surface area (Å²) in [6.45, 7) is 0.701. The van der Waals surface area contributed by atoms with Crippen molar-refractivity contribution in [2.75, 3.05) is 0 Å². The van der Waals surface area contributed by atoms with Crippen LogP contribution in [0.25, 0.3) is 0 Å². The molecule has 104 valence electrons. The summed E-state index contributed by atoms with van der Waals surface area (Å²) in [4.78, 5) is 20.4. The van der Waals surface area contributed by atoms with Gasteiger partial charge in [-0.25, -0.2) is 4.79 Å². The Bertz CT molecular complexity index is 514. The molecule has 1 N–H and O–H groups in total. The zero-order chi connectivity index (χ0) is 14.8. The Labute approximate surface area is 104 Å². The molecule has 0 amide bonds. The van der Waals surface area contributed by atoms with Crippen molar-refractivity contribution in [2.24, 2.45) is 0 Å². The number of non-ortho nitro benzene ring substituents is 1. The van der Waals surface area contributed by atoms with E-state index in [0.717, 1.165) is 12.1 Å². The summed E-state index contributed by atoms with van der Waals surface area (Å²) >= 11 is 0. The van der Waals surface area contributed by atoms with Crippen LogP contribution in [0.1, 0.15) is 17.3 Å². The lowest BCUT2D eigenvalue weighted by Crippen LogP contribution is -2.31. The van der Waals surface area contributed by atoms with Crippen molar-refractivity contribution in [2.45, 2.75) is 19.2 Å². The van der Waals surface area contributed by atoms with E-state index in [2.05, 4.69) is 4.74 Å². The van der Waals surface area contributed by atoms with Gasteiger partial charge in [-0.2, -0.15) is 13.2 Å². The molecule has 0 aliphatic rings. The first kappa shape index (κ1) is 14.7. The van der Waals surface area contributed by atoms with Gasteiger partial charge < -0.3 is 9.84 Å². The third-order valence-corrected chi connectivity index (χ3v) is 2.17. The van der Waals surface area contributed by atoms with E-state index in [4.69, 9.17) is 5.11 Å². The lowest BCUT2D eigenvalue weighted by Gasteiger charge is -2.18. The number of carboxylic acid groups (broad SMARTS) is 1. The highest BCUT2D eigenvalue weighted by Crippen LogP contribution is 2.29. The van der Waals surface area contributed by atoms with Gasteiger partial charge in [0.2, 0.25) is 0 Å². The number of carbonyl (C=O) groups is 1. The van der Waals surface area contributed by atoms with E-state index < -0.39 is 40.2 Å². The number of nitrogens with zero attached hydrogens (tertiary/aromatic N) is 1. The first-order valence-corrected chi connectivity index (χ1v) is 4.88. The number of hydrogen-bond acceptors (Lipinski definition) is 4. The van der Waals surface area contributed by atoms with Crippen LogP contribution in [0.3, 0.4) is 0 Å². The van der Waals surface area contributed by atoms with Crippen molar-refractivity contribution in [3.63, 3.8) is 0 Å². The molecule has 6 nitrogen and oxygen atoms in total. The first-order valence-electron chi connectivity index (χ1n) is 4.88. The average molecular weight is 279 g/mol. The van der Waals surface area contributed by atoms with Crippen molar-refractivity contribution < 1.29 is 32.7 Å². The number of rotatable bonds is 4. The molecule has 0 saturated heterocycles. The molecule has 0 aliphatic carbocycles. The third kappa shape index (κ3) is 3.57. The standard InChI is InChI=1S/C10H8F3NO5/c1-5(10(11,12)13)19-8-3-2-6(14(17)18)4-7(8)9(15)16/h2-5H,1H3,(H,15,16). The van der Waals surface area contributed by atoms with Crippen LogP contribution in [0.2, 0.25) is 0 Å². The number of carboxylic acids is 1. The van der Waals surface area contributed by atoms with Crippen LogP contribution in [0, 0.1) is 10.1 Å². The third-order valence-electron chi connectivity index (χ3n) is 2.17. The predicted molar refractivity (Wildman–Crippen MR) is 56.2 cm³/mol. The summed E-state index contributed by atoms with van der Waals surface area (Å²) < 4.78 is 41.4. The van der Waals surface area contributed by atoms with Gasteiger partial charge in [0.15, 0.2) is 6.10 Å². The van der Waals surface area contributed by atoms with Crippen LogP contribution in [-0.4, -0.2) is 28.3 Å². The van der Waals surface area contributed by atoms with E-state index in [0.29, 0.717) is 13.0 Å². The number of hydrogen-bond donors (Lipinski definition) is 1. The van der Waals surface area contributed by atoms with Crippen LogP contribution in [0.15, 0.2) is 18.2 Å². The Kier molecular flexibility index (Phi) is 3.98. The van der Waals surface area contributed by atoms with Gasteiger partial charge in [-0.3, -0.25) is 10.1 Å². The van der Waals surface area contributed by atoms with E-state index >= 15 is 0 Å². The van der Waals surface area contributed by atoms with E-state index in [1.54, 1.807) is 0 Å². The lowest BCUT2D eigenvalue weighted by atomic mass is 10.1. The van der Waals surface area contributed by atoms with Gasteiger partial charge in [0, 0.05) is 12.1 Å². The van der Waals surface area contributed by atoms with Crippen LogP contribution in [0.4, 0.5) is 18.9 Å². The number of halogens is 3. The predicted octanol–water partition coefficient (Wildman–Crippen LogP) is 2.62. The number of alkyl halides is 3. The molecule has 9 heteroatoms. The fourth-order valence-electron chi connectivity index (χ4n) is 1.16. The Morgan fingerprint density at radius 3 is 2.47 bits per heavy atom. The van der Waals surface area contributed by atoms with Crippen molar-refractivity contribution in [1.82, 2.24) is 0 Å². The minimum absolute atomic E-state index is 0.551. The average Bonchev–Trinajstić information content (AvgIpc) is 2.27. The maximum Gasteiger partial charge on any atom is 0.425 e. The second-order valence-electron chi connectivity index (χ2n) is 3.54. The summed E-state index contributed by atoms with van der Waals surface area (Å²) in [5, 5.41) is 19.3. The number of nitro benzene ring substituents is 1. The van der Waals surface area contributed by atoms with Gasteiger partial charge in [0.05, 0.1) is 4.92 Å². The molecule has 1 aromatic carbocycles. The molecular weight excluding hydrogens is 271 g/mol. The number of nitro groups is 1. The highest BCUT2D eigenvalue weighted by atomic mass is 19.4. The topological polar surface area (TPSA) is 89.7 Å². The highest BCUT2D eigenvalue weighted by molar-refractivity contribution is 5.91. The molecule has 0 aliphatic heterocycles. The van der Waals surface area contributed by atoms with Gasteiger partial charge >= 0.3 is 12.1 Å². The Morgan fingerprint density at radius 1 is 1.47 bits per heavy atom. The van der Waals surface area contributed by atoms with Gasteiger partial charge in [-0.15, -0.1) is 0 Å². The Morgan fingerprint density at radius 2 is 2.05 bits per heavy atom. The molecule has 0 heterocycles. The minimum Gasteiger partial charge on any atom is -0.480 e. The smallest absolute Gasteiger partial charge is 0.425 e. The van der Waals surface area contributed by atoms with Crippen molar-refractivity contribution in [3.05, 3.63) is 33.9 Å². The molecule has 0 bridgehead atoms. The molecule has 0 fully saturated rings. The van der Waals surface area contributed by atoms with Gasteiger partial charge in [-0.1, -0.05) is 0 Å². The summed E-state index contributed by atoms with van der Waals surface area (Å²) in [7, 11) is 0. The van der Waals surface area contributed by atoms with E-state index in [1.165, 1.54) is 0 Å². The molecule has 19 heavy (non-hydrogen) atoms. The van der Waals surface area contributed by atoms with Crippen molar-refractivity contribution in [3.8, 4) is 5.75 Å². The zero-order valence-electron chi connectivity index (χ0n) is 9.47. The highest BCUT2D eigenvalue weighted by Gasteiger charge is 2.38. The Hall–Kier alpha value is -2.32. The molecule has 1 aromatic rings. The number of benzene rings is 1.